The molecule has 0 fully saturated rings. The van der Waals surface area contributed by atoms with Gasteiger partial charge in [0.1, 0.15) is 22.9 Å². The summed E-state index contributed by atoms with van der Waals surface area (Å²) in [5.41, 5.74) is 3.18. The Morgan fingerprint density at radius 1 is 1.05 bits per heavy atom. The molecule has 4 aromatic rings. The molecule has 0 saturated heterocycles. The second-order valence-electron chi connectivity index (χ2n) is 9.61. The molecule has 1 amide bonds. The molecule has 0 aliphatic carbocycles. The predicted molar refractivity (Wildman–Crippen MR) is 144 cm³/mol. The van der Waals surface area contributed by atoms with Gasteiger partial charge in [-0.1, -0.05) is 31.5 Å². The van der Waals surface area contributed by atoms with E-state index in [1.54, 1.807) is 6.07 Å². The zero-order chi connectivity index (χ0) is 28.3. The van der Waals surface area contributed by atoms with Gasteiger partial charge in [-0.05, 0) is 68.1 Å². The molecular formula is C28H29FN4O5S. The first-order valence-electron chi connectivity index (χ1n) is 12.2. The maximum atomic E-state index is 14.5. The number of nitrogens with zero attached hydrogens (tertiary/aromatic N) is 2. The van der Waals surface area contributed by atoms with Crippen LogP contribution in [0.15, 0.2) is 59.8 Å². The van der Waals surface area contributed by atoms with E-state index >= 15 is 0 Å². The summed E-state index contributed by atoms with van der Waals surface area (Å²) in [5, 5.41) is 5.69. The van der Waals surface area contributed by atoms with E-state index in [2.05, 4.69) is 15.2 Å². The number of nitrogens with one attached hydrogen (secondary N) is 2. The van der Waals surface area contributed by atoms with E-state index in [1.807, 2.05) is 51.5 Å². The number of carbonyl (C=O) groups excluding carboxylic acids is 1. The summed E-state index contributed by atoms with van der Waals surface area (Å²) in [4.78, 5) is 17.7. The number of aromatic nitrogens is 3. The highest BCUT2D eigenvalue weighted by atomic mass is 32.2. The maximum Gasteiger partial charge on any atom is 0.283 e. The maximum absolute atomic E-state index is 14.5. The summed E-state index contributed by atoms with van der Waals surface area (Å²) < 4.78 is 53.6. The van der Waals surface area contributed by atoms with Gasteiger partial charge in [-0.15, -0.1) is 0 Å². The highest BCUT2D eigenvalue weighted by molar-refractivity contribution is 7.90. The average Bonchev–Trinajstić information content (AvgIpc) is 3.40. The Morgan fingerprint density at radius 3 is 2.41 bits per heavy atom. The van der Waals surface area contributed by atoms with Gasteiger partial charge in [-0.25, -0.2) is 14.1 Å². The molecule has 0 bridgehead atoms. The van der Waals surface area contributed by atoms with E-state index in [-0.39, 0.29) is 22.4 Å². The molecule has 0 radical (unpaired) electrons. The SMILES string of the molecule is Cc1cc(C)c(Oc2nc(-c3cc(F)cc(OCC(C)C)c3)ccc2C(=O)NS(=O)(=O)c2cc[nH]n2)c(C)c1. The van der Waals surface area contributed by atoms with Crippen molar-refractivity contribution in [3.8, 4) is 28.6 Å². The monoisotopic (exact) mass is 552 g/mol. The minimum absolute atomic E-state index is 0.134. The third-order valence-corrected chi connectivity index (χ3v) is 6.87. The van der Waals surface area contributed by atoms with Crippen LogP contribution in [0.3, 0.4) is 0 Å². The van der Waals surface area contributed by atoms with Crippen molar-refractivity contribution in [1.29, 1.82) is 0 Å². The topological polar surface area (TPSA) is 123 Å². The second-order valence-corrected chi connectivity index (χ2v) is 11.2. The number of hydrogen-bond acceptors (Lipinski definition) is 7. The predicted octanol–water partition coefficient (Wildman–Crippen LogP) is 5.48. The molecule has 4 rings (SSSR count). The van der Waals surface area contributed by atoms with Crippen LogP contribution < -0.4 is 14.2 Å². The van der Waals surface area contributed by atoms with Crippen molar-refractivity contribution in [1.82, 2.24) is 19.9 Å². The van der Waals surface area contributed by atoms with Crippen LogP contribution in [-0.2, 0) is 10.0 Å². The van der Waals surface area contributed by atoms with E-state index in [4.69, 9.17) is 9.47 Å². The highest BCUT2D eigenvalue weighted by Gasteiger charge is 2.25. The lowest BCUT2D eigenvalue weighted by Crippen LogP contribution is -2.31. The standard InChI is InChI=1S/C28H29FN4O5S/c1-16(2)15-37-22-13-20(12-21(29)14-22)24-7-6-23(27(34)33-39(35,36)25-8-9-30-32-25)28(31-24)38-26-18(4)10-17(3)11-19(26)5/h6-14,16H,15H2,1-5H3,(H,30,32)(H,33,34). The van der Waals surface area contributed by atoms with Crippen LogP contribution in [0.1, 0.15) is 40.9 Å². The van der Waals surface area contributed by atoms with Crippen molar-refractivity contribution < 1.29 is 27.1 Å². The molecule has 9 nitrogen and oxygen atoms in total. The van der Waals surface area contributed by atoms with Gasteiger partial charge in [-0.2, -0.15) is 13.5 Å². The van der Waals surface area contributed by atoms with Crippen molar-refractivity contribution in [3.05, 3.63) is 82.8 Å². The smallest absolute Gasteiger partial charge is 0.283 e. The minimum atomic E-state index is -4.25. The third kappa shape index (κ3) is 6.61. The number of pyridine rings is 1. The van der Waals surface area contributed by atoms with Crippen LogP contribution in [0.2, 0.25) is 0 Å². The van der Waals surface area contributed by atoms with Gasteiger partial charge in [-0.3, -0.25) is 9.89 Å². The lowest BCUT2D eigenvalue weighted by atomic mass is 10.1. The van der Waals surface area contributed by atoms with Crippen LogP contribution in [0.4, 0.5) is 4.39 Å². The number of ether oxygens (including phenoxy) is 2. The first-order chi connectivity index (χ1) is 18.4. The number of aromatic amines is 1. The summed E-state index contributed by atoms with van der Waals surface area (Å²) in [6, 6.07) is 12.1. The molecule has 2 aromatic carbocycles. The van der Waals surface area contributed by atoms with E-state index in [1.165, 1.54) is 36.5 Å². The van der Waals surface area contributed by atoms with Crippen molar-refractivity contribution in [2.75, 3.05) is 6.61 Å². The summed E-state index contributed by atoms with van der Waals surface area (Å²) in [6.45, 7) is 10.0. The first kappa shape index (κ1) is 27.8. The number of benzene rings is 2. The van der Waals surface area contributed by atoms with Gasteiger partial charge in [0, 0.05) is 17.8 Å². The average molecular weight is 553 g/mol. The molecule has 204 valence electrons. The lowest BCUT2D eigenvalue weighted by Gasteiger charge is -2.16. The van der Waals surface area contributed by atoms with Gasteiger partial charge >= 0.3 is 0 Å². The molecule has 0 atom stereocenters. The van der Waals surface area contributed by atoms with E-state index in [0.717, 1.165) is 16.7 Å². The van der Waals surface area contributed by atoms with Gasteiger partial charge in [0.05, 0.1) is 12.3 Å². The van der Waals surface area contributed by atoms with Crippen molar-refractivity contribution in [3.63, 3.8) is 0 Å². The second kappa shape index (κ2) is 11.2. The molecule has 2 N–H and O–H groups in total. The fraction of sp³-hybridized carbons (Fsp3) is 0.250. The molecule has 0 aliphatic heterocycles. The van der Waals surface area contributed by atoms with Gasteiger partial charge < -0.3 is 9.47 Å². The number of halogens is 1. The van der Waals surface area contributed by atoms with Crippen molar-refractivity contribution in [2.24, 2.45) is 5.92 Å². The molecule has 39 heavy (non-hydrogen) atoms. The third-order valence-electron chi connectivity index (χ3n) is 5.64. The molecule has 2 aromatic heterocycles. The molecule has 0 aliphatic rings. The number of H-pyrrole nitrogens is 1. The summed E-state index contributed by atoms with van der Waals surface area (Å²) in [6.07, 6.45) is 1.32. The van der Waals surface area contributed by atoms with Crippen LogP contribution in [0, 0.1) is 32.5 Å². The molecular weight excluding hydrogens is 523 g/mol. The molecule has 0 spiro atoms. The van der Waals surface area contributed by atoms with Crippen molar-refractivity contribution >= 4 is 15.9 Å². The lowest BCUT2D eigenvalue weighted by molar-refractivity contribution is 0.0978. The molecule has 2 heterocycles. The van der Waals surface area contributed by atoms with Crippen LogP contribution in [0.5, 0.6) is 17.4 Å². The van der Waals surface area contributed by atoms with E-state index in [9.17, 15) is 17.6 Å². The number of rotatable bonds is 9. The summed E-state index contributed by atoms with van der Waals surface area (Å²) in [7, 11) is -4.25. The van der Waals surface area contributed by atoms with Crippen LogP contribution in [0.25, 0.3) is 11.3 Å². The Kier molecular flexibility index (Phi) is 8.01. The number of hydrogen-bond donors (Lipinski definition) is 2. The number of sulfonamides is 1. The Bertz CT molecular complexity index is 1600. The summed E-state index contributed by atoms with van der Waals surface area (Å²) in [5.74, 6) is -0.588. The molecule has 0 unspecified atom stereocenters. The van der Waals surface area contributed by atoms with E-state index < -0.39 is 21.7 Å². The minimum Gasteiger partial charge on any atom is -0.493 e. The van der Waals surface area contributed by atoms with Crippen molar-refractivity contribution in [2.45, 2.75) is 39.6 Å². The fourth-order valence-corrected chi connectivity index (χ4v) is 4.84. The normalized spacial score (nSPS) is 11.5. The molecule has 11 heteroatoms. The number of aryl methyl sites for hydroxylation is 3. The zero-order valence-corrected chi connectivity index (χ0v) is 23.0. The fourth-order valence-electron chi connectivity index (χ4n) is 3.96. The number of amides is 1. The Labute approximate surface area is 226 Å². The first-order valence-corrected chi connectivity index (χ1v) is 13.7. The van der Waals surface area contributed by atoms with Gasteiger partial charge in [0.15, 0.2) is 5.03 Å². The van der Waals surface area contributed by atoms with Gasteiger partial charge in [0.25, 0.3) is 15.9 Å². The van der Waals surface area contributed by atoms with Gasteiger partial charge in [0.2, 0.25) is 5.88 Å². The number of carbonyl (C=O) groups is 1. The van der Waals surface area contributed by atoms with E-state index in [0.29, 0.717) is 29.4 Å². The summed E-state index contributed by atoms with van der Waals surface area (Å²) >= 11 is 0. The Hall–Kier alpha value is -4.25. The van der Waals surface area contributed by atoms with Crippen LogP contribution in [-0.4, -0.2) is 36.1 Å². The molecule has 0 saturated carbocycles. The highest BCUT2D eigenvalue weighted by Crippen LogP contribution is 2.33. The zero-order valence-electron chi connectivity index (χ0n) is 22.2. The van der Waals surface area contributed by atoms with Crippen LogP contribution >= 0.6 is 0 Å². The largest absolute Gasteiger partial charge is 0.493 e. The Morgan fingerprint density at radius 2 is 1.77 bits per heavy atom. The quantitative estimate of drug-likeness (QED) is 0.282. The Balaban J connectivity index is 1.78.